The first-order valence-electron chi connectivity index (χ1n) is 42.0. The Labute approximate surface area is 793 Å². The summed E-state index contributed by atoms with van der Waals surface area (Å²) in [5, 5.41) is 20.0. The number of halogens is 6. The molecular weight excluding hydrogens is 1800 g/mol. The van der Waals surface area contributed by atoms with Crippen molar-refractivity contribution < 1.29 is 62.3 Å². The molecule has 6 aromatic carbocycles. The zero-order valence-electron chi connectivity index (χ0n) is 75.4. The van der Waals surface area contributed by atoms with Gasteiger partial charge in [-0.2, -0.15) is 0 Å². The van der Waals surface area contributed by atoms with E-state index >= 15 is 0 Å². The van der Waals surface area contributed by atoms with E-state index in [9.17, 15) is 33.9 Å². The monoisotopic (exact) mass is 1910 g/mol. The van der Waals surface area contributed by atoms with Crippen LogP contribution in [0.25, 0.3) is 0 Å². The zero-order valence-corrected chi connectivity index (χ0v) is 79.9. The number of amides is 7. The molecule has 0 atom stereocenters. The van der Waals surface area contributed by atoms with Gasteiger partial charge in [0.05, 0.1) is 98.4 Å². The Morgan fingerprint density at radius 2 is 0.656 bits per heavy atom. The molecule has 0 saturated carbocycles. The van der Waals surface area contributed by atoms with E-state index in [1.807, 2.05) is 42.5 Å². The number of benzene rings is 6. The van der Waals surface area contributed by atoms with Gasteiger partial charge in [-0.15, -0.1) is 0 Å². The molecule has 0 unspecified atom stereocenters. The van der Waals surface area contributed by atoms with Gasteiger partial charge in [0.25, 0.3) is 0 Å². The van der Waals surface area contributed by atoms with Crippen LogP contribution in [0.4, 0.5) is 62.1 Å². The van der Waals surface area contributed by atoms with Crippen LogP contribution >= 0.6 is 69.6 Å². The molecule has 0 aliphatic carbocycles. The van der Waals surface area contributed by atoms with Crippen LogP contribution in [0.15, 0.2) is 148 Å². The molecule has 32 nitrogen and oxygen atoms in total. The molecule has 3 aliphatic heterocycles. The highest BCUT2D eigenvalue weighted by Crippen LogP contribution is 2.48. The highest BCUT2D eigenvalue weighted by molar-refractivity contribution is 6.42. The summed E-state index contributed by atoms with van der Waals surface area (Å²) >= 11 is 39.0. The number of methoxy groups -OCH3 is 6. The summed E-state index contributed by atoms with van der Waals surface area (Å²) in [4.78, 5) is 123. The Kier molecular flexibility index (Phi) is 37.4. The third-order valence-electron chi connectivity index (χ3n) is 22.7. The average molecular weight is 1910 g/mol. The number of likely N-dealkylation sites (N-methyl/N-ethyl adjacent to an activating group) is 5. The van der Waals surface area contributed by atoms with Crippen molar-refractivity contribution in [3.8, 4) is 34.5 Å². The lowest BCUT2D eigenvalue weighted by atomic mass is 10.0. The van der Waals surface area contributed by atoms with Gasteiger partial charge in [-0.05, 0) is 91.0 Å². The van der Waals surface area contributed by atoms with E-state index in [1.165, 1.54) is 108 Å². The number of hydrogen-bond donors (Lipinski definition) is 4. The maximum Gasteiger partial charge on any atom is 0.331 e. The summed E-state index contributed by atoms with van der Waals surface area (Å²) in [6.07, 6.45) is 8.81. The predicted molar refractivity (Wildman–Crippen MR) is 520 cm³/mol. The normalized spacial score (nSPS) is 13.4. The highest BCUT2D eigenvalue weighted by atomic mass is 35.5. The zero-order chi connectivity index (χ0) is 94.9. The van der Waals surface area contributed by atoms with E-state index in [2.05, 4.69) is 128 Å². The summed E-state index contributed by atoms with van der Waals surface area (Å²) in [5.74, 6) is 1.38. The van der Waals surface area contributed by atoms with E-state index in [1.54, 1.807) is 44.4 Å². The molecule has 3 fully saturated rings. The maximum absolute atomic E-state index is 13.7. The first-order chi connectivity index (χ1) is 63.0. The topological polar surface area (TPSA) is 324 Å². The fraction of sp³-hybridized carbons (Fsp3) is 0.355. The number of aliphatic hydroxyl groups is 1. The van der Waals surface area contributed by atoms with Crippen molar-refractivity contribution in [1.29, 1.82) is 0 Å². The van der Waals surface area contributed by atoms with Crippen LogP contribution in [0.5, 0.6) is 34.5 Å². The van der Waals surface area contributed by atoms with E-state index in [4.69, 9.17) is 98.0 Å². The smallest absolute Gasteiger partial charge is 0.331 e. The Morgan fingerprint density at radius 3 is 0.908 bits per heavy atom. The van der Waals surface area contributed by atoms with Crippen molar-refractivity contribution in [2.75, 3.05) is 219 Å². The minimum Gasteiger partial charge on any atom is -0.495 e. The lowest BCUT2D eigenvalue weighted by molar-refractivity contribution is -0.118. The maximum atomic E-state index is 13.7. The van der Waals surface area contributed by atoms with E-state index < -0.39 is 12.8 Å². The molecule has 131 heavy (non-hydrogen) atoms. The number of nitrogens with one attached hydrogen (secondary N) is 3. The number of carbonyl (C=O) groups excluding carboxylic acids is 6. The Balaban J connectivity index is 0.000000204. The van der Waals surface area contributed by atoms with Crippen LogP contribution < -0.4 is 78.7 Å². The number of urea groups is 1. The molecule has 7 amide bonds. The van der Waals surface area contributed by atoms with Crippen molar-refractivity contribution in [2.24, 2.45) is 0 Å². The molecule has 3 saturated heterocycles. The number of ether oxygens (including phenoxy) is 6. The predicted octanol–water partition coefficient (Wildman–Crippen LogP) is 14.4. The van der Waals surface area contributed by atoms with Crippen molar-refractivity contribution in [3.05, 3.63) is 223 Å². The van der Waals surface area contributed by atoms with Crippen LogP contribution in [0, 0.1) is 0 Å². The molecule has 4 N–H and O–H groups in total. The summed E-state index contributed by atoms with van der Waals surface area (Å²) < 4.78 is 31.9. The van der Waals surface area contributed by atoms with Crippen LogP contribution in [0.2, 0.25) is 30.1 Å². The number of aliphatic hydroxyl groups excluding tert-OH is 1. The lowest BCUT2D eigenvalue weighted by Gasteiger charge is -2.35. The molecule has 38 heteroatoms. The van der Waals surface area contributed by atoms with Gasteiger partial charge in [0.15, 0.2) is 0 Å². The van der Waals surface area contributed by atoms with Gasteiger partial charge in [0.2, 0.25) is 29.5 Å². The van der Waals surface area contributed by atoms with Gasteiger partial charge in [0.1, 0.15) is 87.7 Å². The summed E-state index contributed by atoms with van der Waals surface area (Å²) in [7, 11) is 13.5. The van der Waals surface area contributed by atoms with Crippen molar-refractivity contribution >= 4 is 162 Å². The molecule has 0 spiro atoms. The summed E-state index contributed by atoms with van der Waals surface area (Å²) in [6.45, 7) is 31.0. The molecule has 12 rings (SSSR count). The quantitative estimate of drug-likeness (QED) is 0.0219. The van der Waals surface area contributed by atoms with Gasteiger partial charge in [0, 0.05) is 201 Å². The van der Waals surface area contributed by atoms with Crippen molar-refractivity contribution in [2.45, 2.75) is 52.9 Å². The number of piperazine rings is 3. The minimum absolute atomic E-state index is 0.0157. The standard InChI is InChI=1S/C31H37Cl2N7O5.2C31H36Cl2N6O4/c1-6-27(42)36-23-16-22(39-12-10-38(7-2)11-13-39)9-8-20(23)14-21-15-26(35-18-34-21)37(3)31(43)40(19-41)30-28(32)24(44-4)17-25(45-5)29(30)33;2*1-6-28(40)36-24-16-22(39-12-10-38(7-2)11-13-39)9-8-20(24)14-21-15-27(35-19-34-21)37(3)29(41)17-23-30(32)25(42-4)18-26(43-5)31(23)33/h6,8-9,15-18,41H,1,7,10-14,19H2,2-5H3,(H,36,42);2*6,8-9,15-16,18-19H,1,7,10-14,17H2,2-5H3,(H,36,40). The number of aromatic nitrogens is 6. The largest absolute Gasteiger partial charge is 0.495 e. The second kappa shape index (κ2) is 48.4. The molecular formula is C93H109Cl6N19O13. The fourth-order valence-electron chi connectivity index (χ4n) is 14.8. The van der Waals surface area contributed by atoms with Gasteiger partial charge < -0.3 is 78.9 Å². The van der Waals surface area contributed by atoms with Crippen molar-refractivity contribution in [1.82, 2.24) is 44.6 Å². The average Bonchev–Trinajstić information content (AvgIpc) is 0.780. The number of rotatable bonds is 33. The summed E-state index contributed by atoms with van der Waals surface area (Å²) in [5.41, 5.74) is 10.4. The van der Waals surface area contributed by atoms with Crippen LogP contribution in [0.1, 0.15) is 65.7 Å². The van der Waals surface area contributed by atoms with Gasteiger partial charge in [-0.25, -0.2) is 34.7 Å². The number of nitrogens with zero attached hydrogens (tertiary/aromatic N) is 16. The number of anilines is 10. The van der Waals surface area contributed by atoms with Gasteiger partial charge >= 0.3 is 6.03 Å². The van der Waals surface area contributed by atoms with Gasteiger partial charge in [-0.3, -0.25) is 43.6 Å². The number of hydrogen-bond acceptors (Lipinski definition) is 25. The Morgan fingerprint density at radius 1 is 0.389 bits per heavy atom. The number of carbonyl (C=O) groups is 6. The van der Waals surface area contributed by atoms with Crippen LogP contribution in [-0.4, -0.2) is 254 Å². The summed E-state index contributed by atoms with van der Waals surface area (Å²) in [6, 6.07) is 27.2. The molecule has 3 aromatic heterocycles. The molecule has 3 aliphatic rings. The van der Waals surface area contributed by atoms with E-state index in [0.29, 0.717) is 99.2 Å². The van der Waals surface area contributed by atoms with Crippen molar-refractivity contribution in [3.63, 3.8) is 0 Å². The third kappa shape index (κ3) is 25.7. The molecule has 6 heterocycles. The molecule has 696 valence electrons. The Bertz CT molecular complexity index is 5300. The van der Waals surface area contributed by atoms with E-state index in [-0.39, 0.29) is 95.5 Å². The molecule has 0 radical (unpaired) electrons. The van der Waals surface area contributed by atoms with Crippen LogP contribution in [0.3, 0.4) is 0 Å². The van der Waals surface area contributed by atoms with E-state index in [0.717, 1.165) is 137 Å². The molecule has 0 bridgehead atoms. The third-order valence-corrected chi connectivity index (χ3v) is 25.0. The first kappa shape index (κ1) is 101. The second-order valence-electron chi connectivity index (χ2n) is 30.2. The van der Waals surface area contributed by atoms with Crippen LogP contribution in [-0.2, 0) is 56.1 Å². The second-order valence-corrected chi connectivity index (χ2v) is 32.5. The lowest BCUT2D eigenvalue weighted by Crippen LogP contribution is -2.46. The fourth-order valence-corrected chi connectivity index (χ4v) is 16.8. The minimum atomic E-state index is -0.747. The SMILES string of the molecule is C=CC(=O)Nc1cc(N2CCN(CC)CC2)ccc1Cc1cc(N(C)C(=O)Cc2c(Cl)c(OC)cc(OC)c2Cl)ncn1.C=CC(=O)Nc1cc(N2CCN(CC)CC2)ccc1Cc1cc(N(C)C(=O)Cc2c(Cl)c(OC)cc(OC)c2Cl)ncn1.C=CC(=O)Nc1cc(N2CCN(CC)CC2)ccc1Cc1cc(N(C)C(=O)N(CO)c2c(Cl)c(OC)cc(OC)c2Cl)ncn1. The van der Waals surface area contributed by atoms with Gasteiger partial charge in [-0.1, -0.05) is 128 Å². The first-order valence-corrected chi connectivity index (χ1v) is 44.3. The Hall–Kier alpha value is -11.8. The molecule has 9 aromatic rings. The highest BCUT2D eigenvalue weighted by Gasteiger charge is 2.32.